The number of rotatable bonds is 5. The lowest BCUT2D eigenvalue weighted by Crippen LogP contribution is -2.00. The lowest BCUT2D eigenvalue weighted by molar-refractivity contribution is 0.669. The topological polar surface area (TPSA) is 51.8 Å². The SMILES string of the molecule is c1ccc(-c2ccc(-c3nc(-c4ccc5ccccc5c4)nc(-c4cccc5oc6cccc(-c7ccc8c(c7)sc7ccccc78)c6c45)n3)cc2)cc1. The summed E-state index contributed by atoms with van der Waals surface area (Å²) in [6, 6.07) is 61.5. The first kappa shape index (κ1) is 30.7. The Bertz CT molecular complexity index is 3220. The average Bonchev–Trinajstić information content (AvgIpc) is 3.82. The van der Waals surface area contributed by atoms with Gasteiger partial charge in [-0.25, -0.2) is 15.0 Å². The number of aromatic nitrogens is 3. The summed E-state index contributed by atoms with van der Waals surface area (Å²) in [5.41, 5.74) is 8.92. The van der Waals surface area contributed by atoms with Crippen LogP contribution in [0.4, 0.5) is 0 Å². The maximum Gasteiger partial charge on any atom is 0.164 e. The molecule has 0 aliphatic carbocycles. The second-order valence-corrected chi connectivity index (χ2v) is 14.7. The highest BCUT2D eigenvalue weighted by Gasteiger charge is 2.21. The maximum atomic E-state index is 6.58. The smallest absolute Gasteiger partial charge is 0.164 e. The molecule has 8 aromatic carbocycles. The standard InChI is InChI=1S/C49H29N3OS/c1-2-10-30(11-3-1)32-20-23-33(24-21-32)47-50-48(36-25-22-31-12-4-5-13-34(31)28-36)52-49(51-47)40-16-9-18-42-46(40)45-37(15-8-17-41(45)53-42)35-26-27-39-38-14-6-7-19-43(38)54-44(39)29-35/h1-29H. The largest absolute Gasteiger partial charge is 0.456 e. The van der Waals surface area contributed by atoms with E-state index >= 15 is 0 Å². The Morgan fingerprint density at radius 1 is 0.352 bits per heavy atom. The van der Waals surface area contributed by atoms with Crippen LogP contribution < -0.4 is 0 Å². The highest BCUT2D eigenvalue weighted by molar-refractivity contribution is 7.25. The number of fused-ring (bicyclic) bond motifs is 7. The van der Waals surface area contributed by atoms with Crippen molar-refractivity contribution in [3.8, 4) is 56.4 Å². The number of benzene rings is 8. The lowest BCUT2D eigenvalue weighted by Gasteiger charge is -2.11. The molecule has 0 atom stereocenters. The zero-order valence-corrected chi connectivity index (χ0v) is 29.7. The summed E-state index contributed by atoms with van der Waals surface area (Å²) in [4.78, 5) is 15.5. The highest BCUT2D eigenvalue weighted by Crippen LogP contribution is 2.43. The van der Waals surface area contributed by atoms with E-state index < -0.39 is 0 Å². The predicted molar refractivity (Wildman–Crippen MR) is 225 cm³/mol. The van der Waals surface area contributed by atoms with E-state index in [4.69, 9.17) is 19.4 Å². The third-order valence-corrected chi connectivity index (χ3v) is 11.5. The minimum Gasteiger partial charge on any atom is -0.456 e. The van der Waals surface area contributed by atoms with Crippen LogP contribution in [0.15, 0.2) is 180 Å². The number of hydrogen-bond acceptors (Lipinski definition) is 5. The Morgan fingerprint density at radius 3 is 1.78 bits per heavy atom. The van der Waals surface area contributed by atoms with Crippen molar-refractivity contribution in [2.75, 3.05) is 0 Å². The van der Waals surface area contributed by atoms with Crippen molar-refractivity contribution in [3.05, 3.63) is 176 Å². The first-order valence-electron chi connectivity index (χ1n) is 18.0. The van der Waals surface area contributed by atoms with Gasteiger partial charge in [0, 0.05) is 47.6 Å². The zero-order chi connectivity index (χ0) is 35.6. The molecule has 0 saturated heterocycles. The molecule has 252 valence electrons. The molecule has 0 amide bonds. The van der Waals surface area contributed by atoms with Gasteiger partial charge < -0.3 is 4.42 Å². The minimum atomic E-state index is 0.596. The third-order valence-electron chi connectivity index (χ3n) is 10.3. The molecule has 3 aromatic heterocycles. The molecular formula is C49H29N3OS. The number of nitrogens with zero attached hydrogens (tertiary/aromatic N) is 3. The van der Waals surface area contributed by atoms with E-state index in [1.165, 1.54) is 25.6 Å². The number of hydrogen-bond donors (Lipinski definition) is 0. The summed E-state index contributed by atoms with van der Waals surface area (Å²) in [6.45, 7) is 0. The van der Waals surface area contributed by atoms with Crippen LogP contribution in [0.1, 0.15) is 0 Å². The molecule has 11 aromatic rings. The van der Waals surface area contributed by atoms with Crippen molar-refractivity contribution in [3.63, 3.8) is 0 Å². The van der Waals surface area contributed by atoms with E-state index in [0.717, 1.165) is 66.3 Å². The molecule has 0 N–H and O–H groups in total. The first-order chi connectivity index (χ1) is 26.7. The Hall–Kier alpha value is -6.95. The van der Waals surface area contributed by atoms with Crippen LogP contribution >= 0.6 is 11.3 Å². The van der Waals surface area contributed by atoms with Gasteiger partial charge in [0.1, 0.15) is 11.2 Å². The molecule has 11 rings (SSSR count). The molecule has 54 heavy (non-hydrogen) atoms. The molecule has 0 aliphatic heterocycles. The van der Waals surface area contributed by atoms with Gasteiger partial charge in [-0.15, -0.1) is 11.3 Å². The molecule has 0 spiro atoms. The van der Waals surface area contributed by atoms with Gasteiger partial charge in [-0.1, -0.05) is 146 Å². The van der Waals surface area contributed by atoms with Crippen molar-refractivity contribution < 1.29 is 4.42 Å². The summed E-state index contributed by atoms with van der Waals surface area (Å²) in [7, 11) is 0. The summed E-state index contributed by atoms with van der Waals surface area (Å²) in [5.74, 6) is 1.83. The lowest BCUT2D eigenvalue weighted by atomic mass is 9.96. The van der Waals surface area contributed by atoms with E-state index in [-0.39, 0.29) is 0 Å². The third kappa shape index (κ3) is 5.09. The molecule has 0 saturated carbocycles. The van der Waals surface area contributed by atoms with Gasteiger partial charge in [0.15, 0.2) is 17.5 Å². The van der Waals surface area contributed by atoms with Crippen LogP contribution in [-0.2, 0) is 0 Å². The van der Waals surface area contributed by atoms with Crippen LogP contribution in [0.2, 0.25) is 0 Å². The molecule has 0 fully saturated rings. The van der Waals surface area contributed by atoms with Crippen molar-refractivity contribution in [2.24, 2.45) is 0 Å². The summed E-state index contributed by atoms with van der Waals surface area (Å²) in [5, 5.41) is 6.91. The fourth-order valence-corrected chi connectivity index (χ4v) is 8.86. The minimum absolute atomic E-state index is 0.596. The second-order valence-electron chi connectivity index (χ2n) is 13.6. The second kappa shape index (κ2) is 12.3. The van der Waals surface area contributed by atoms with Gasteiger partial charge >= 0.3 is 0 Å². The van der Waals surface area contributed by atoms with Gasteiger partial charge in [-0.05, 0) is 63.4 Å². The normalized spacial score (nSPS) is 11.7. The number of furan rings is 1. The molecular weight excluding hydrogens is 679 g/mol. The van der Waals surface area contributed by atoms with Crippen LogP contribution in [-0.4, -0.2) is 15.0 Å². The zero-order valence-electron chi connectivity index (χ0n) is 28.9. The van der Waals surface area contributed by atoms with Gasteiger partial charge in [0.05, 0.1) is 0 Å². The molecule has 0 unspecified atom stereocenters. The quantitative estimate of drug-likeness (QED) is 0.179. The fourth-order valence-electron chi connectivity index (χ4n) is 7.71. The summed E-state index contributed by atoms with van der Waals surface area (Å²) >= 11 is 1.83. The van der Waals surface area contributed by atoms with E-state index in [9.17, 15) is 0 Å². The summed E-state index contributed by atoms with van der Waals surface area (Å²) in [6.07, 6.45) is 0. The van der Waals surface area contributed by atoms with E-state index in [0.29, 0.717) is 17.5 Å². The van der Waals surface area contributed by atoms with Gasteiger partial charge in [0.25, 0.3) is 0 Å². The van der Waals surface area contributed by atoms with Crippen molar-refractivity contribution in [2.45, 2.75) is 0 Å². The van der Waals surface area contributed by atoms with Gasteiger partial charge in [-0.2, -0.15) is 0 Å². The Balaban J connectivity index is 1.12. The Kier molecular flexibility index (Phi) is 7.00. The van der Waals surface area contributed by atoms with Crippen LogP contribution in [0, 0.1) is 0 Å². The van der Waals surface area contributed by atoms with E-state index in [1.54, 1.807) is 0 Å². The Morgan fingerprint density at radius 2 is 0.944 bits per heavy atom. The highest BCUT2D eigenvalue weighted by atomic mass is 32.1. The molecule has 0 radical (unpaired) electrons. The van der Waals surface area contributed by atoms with Crippen LogP contribution in [0.5, 0.6) is 0 Å². The molecule has 0 aliphatic rings. The van der Waals surface area contributed by atoms with E-state index in [1.807, 2.05) is 35.6 Å². The summed E-state index contributed by atoms with van der Waals surface area (Å²) < 4.78 is 9.13. The first-order valence-corrected chi connectivity index (χ1v) is 18.8. The van der Waals surface area contributed by atoms with Crippen molar-refractivity contribution in [1.82, 2.24) is 15.0 Å². The van der Waals surface area contributed by atoms with Gasteiger partial charge in [0.2, 0.25) is 0 Å². The monoisotopic (exact) mass is 707 g/mol. The maximum absolute atomic E-state index is 6.58. The predicted octanol–water partition coefficient (Wildman–Crippen LogP) is 13.6. The van der Waals surface area contributed by atoms with Crippen molar-refractivity contribution in [1.29, 1.82) is 0 Å². The van der Waals surface area contributed by atoms with Crippen LogP contribution in [0.25, 0.3) is 109 Å². The molecule has 0 bridgehead atoms. The molecule has 3 heterocycles. The van der Waals surface area contributed by atoms with Crippen molar-refractivity contribution >= 4 is 64.2 Å². The van der Waals surface area contributed by atoms with Gasteiger partial charge in [-0.3, -0.25) is 0 Å². The fraction of sp³-hybridized carbons (Fsp3) is 0. The molecule has 4 nitrogen and oxygen atoms in total. The van der Waals surface area contributed by atoms with Crippen LogP contribution in [0.3, 0.4) is 0 Å². The van der Waals surface area contributed by atoms with E-state index in [2.05, 4.69) is 152 Å². The molecule has 5 heteroatoms. The number of thiophene rings is 1. The average molecular weight is 708 g/mol. The Labute approximate surface area is 314 Å².